The van der Waals surface area contributed by atoms with Crippen molar-refractivity contribution in [3.8, 4) is 17.6 Å². The van der Waals surface area contributed by atoms with Gasteiger partial charge in [0.1, 0.15) is 18.2 Å². The van der Waals surface area contributed by atoms with Crippen molar-refractivity contribution in [3.05, 3.63) is 94.1 Å². The van der Waals surface area contributed by atoms with Gasteiger partial charge >= 0.3 is 0 Å². The van der Waals surface area contributed by atoms with Crippen LogP contribution in [0.4, 0.5) is 5.69 Å². The Morgan fingerprint density at radius 2 is 1.75 bits per heavy atom. The van der Waals surface area contributed by atoms with E-state index in [2.05, 4.69) is 31.3 Å². The van der Waals surface area contributed by atoms with Gasteiger partial charge in [0.25, 0.3) is 5.91 Å². The summed E-state index contributed by atoms with van der Waals surface area (Å²) in [6.07, 6.45) is 1.53. The molecule has 32 heavy (non-hydrogen) atoms. The third-order valence-corrected chi connectivity index (χ3v) is 5.22. The fourth-order valence-corrected chi connectivity index (χ4v) is 3.17. The number of nitrogens with one attached hydrogen (secondary N) is 1. The molecule has 0 fully saturated rings. The number of rotatable bonds is 7. The highest BCUT2D eigenvalue weighted by Gasteiger charge is 2.12. The summed E-state index contributed by atoms with van der Waals surface area (Å²) in [7, 11) is 1.56. The van der Waals surface area contributed by atoms with Gasteiger partial charge in [-0.1, -0.05) is 42.5 Å². The number of nitriles is 1. The van der Waals surface area contributed by atoms with Crippen molar-refractivity contribution in [2.75, 3.05) is 12.4 Å². The Balaban J connectivity index is 1.76. The van der Waals surface area contributed by atoms with E-state index in [0.717, 1.165) is 11.1 Å². The molecule has 0 aliphatic heterocycles. The van der Waals surface area contributed by atoms with E-state index >= 15 is 0 Å². The van der Waals surface area contributed by atoms with Gasteiger partial charge in [-0.2, -0.15) is 5.26 Å². The maximum Gasteiger partial charge on any atom is 0.266 e. The third kappa shape index (κ3) is 5.55. The Bertz CT molecular complexity index is 1210. The lowest BCUT2D eigenvalue weighted by Gasteiger charge is -2.12. The van der Waals surface area contributed by atoms with Crippen molar-refractivity contribution < 1.29 is 14.3 Å². The second-order valence-corrected chi connectivity index (χ2v) is 7.56. The Morgan fingerprint density at radius 1 is 0.969 bits per heavy atom. The van der Waals surface area contributed by atoms with Gasteiger partial charge in [0, 0.05) is 5.69 Å². The summed E-state index contributed by atoms with van der Waals surface area (Å²) in [5.74, 6) is 0.653. The Kier molecular flexibility index (Phi) is 7.30. The zero-order valence-electron chi connectivity index (χ0n) is 18.7. The molecule has 0 bridgehead atoms. The quantitative estimate of drug-likeness (QED) is 0.386. The first-order valence-corrected chi connectivity index (χ1v) is 10.3. The van der Waals surface area contributed by atoms with Crippen LogP contribution in [0.15, 0.2) is 66.2 Å². The topological polar surface area (TPSA) is 71.3 Å². The number of carbonyl (C=O) groups excluding carboxylic acids is 1. The van der Waals surface area contributed by atoms with Gasteiger partial charge in [0.15, 0.2) is 11.5 Å². The van der Waals surface area contributed by atoms with Crippen LogP contribution in [0.25, 0.3) is 6.08 Å². The molecular formula is C27H26N2O3. The van der Waals surface area contributed by atoms with Crippen LogP contribution >= 0.6 is 0 Å². The molecule has 0 saturated heterocycles. The lowest BCUT2D eigenvalue weighted by molar-refractivity contribution is -0.112. The van der Waals surface area contributed by atoms with Gasteiger partial charge in [0.2, 0.25) is 0 Å². The molecular weight excluding hydrogens is 400 g/mol. The number of aryl methyl sites for hydroxylation is 3. The molecule has 162 valence electrons. The highest BCUT2D eigenvalue weighted by Crippen LogP contribution is 2.30. The molecule has 3 rings (SSSR count). The summed E-state index contributed by atoms with van der Waals surface area (Å²) in [5.41, 5.74) is 5.78. The Hall–Kier alpha value is -4.04. The standard InChI is InChI=1S/C27H26N2O3/c1-18-9-10-22(13-20(18)3)17-32-25-12-11-21(15-26(25)31-4)14-23(16-28)27(30)29-24-8-6-5-7-19(24)2/h5-15H,17H2,1-4H3,(H,29,30)/b23-14+. The van der Waals surface area contributed by atoms with Crippen LogP contribution in [-0.2, 0) is 11.4 Å². The Labute approximate surface area is 188 Å². The van der Waals surface area contributed by atoms with E-state index < -0.39 is 5.91 Å². The van der Waals surface area contributed by atoms with Crippen LogP contribution in [0.2, 0.25) is 0 Å². The predicted octanol–water partition coefficient (Wildman–Crippen LogP) is 5.75. The second-order valence-electron chi connectivity index (χ2n) is 7.56. The minimum atomic E-state index is -0.462. The summed E-state index contributed by atoms with van der Waals surface area (Å²) in [5, 5.41) is 12.3. The average molecular weight is 427 g/mol. The van der Waals surface area contributed by atoms with Gasteiger partial charge in [-0.3, -0.25) is 4.79 Å². The third-order valence-electron chi connectivity index (χ3n) is 5.22. The van der Waals surface area contributed by atoms with Crippen LogP contribution in [-0.4, -0.2) is 13.0 Å². The van der Waals surface area contributed by atoms with Crippen molar-refractivity contribution in [2.24, 2.45) is 0 Å². The van der Waals surface area contributed by atoms with Crippen LogP contribution in [0.3, 0.4) is 0 Å². The van der Waals surface area contributed by atoms with Crippen molar-refractivity contribution in [1.82, 2.24) is 0 Å². The number of hydrogen-bond donors (Lipinski definition) is 1. The largest absolute Gasteiger partial charge is 0.493 e. The summed E-state index contributed by atoms with van der Waals surface area (Å²) in [4.78, 5) is 12.6. The lowest BCUT2D eigenvalue weighted by atomic mass is 10.1. The van der Waals surface area contributed by atoms with Gasteiger partial charge in [-0.15, -0.1) is 0 Å². The first-order chi connectivity index (χ1) is 15.4. The van der Waals surface area contributed by atoms with Crippen LogP contribution in [0, 0.1) is 32.1 Å². The molecule has 0 atom stereocenters. The number of benzene rings is 3. The van der Waals surface area contributed by atoms with Gasteiger partial charge < -0.3 is 14.8 Å². The molecule has 0 spiro atoms. The number of para-hydroxylation sites is 1. The number of nitrogens with zero attached hydrogens (tertiary/aromatic N) is 1. The summed E-state index contributed by atoms with van der Waals surface area (Å²) in [6.45, 7) is 6.45. The number of hydrogen-bond acceptors (Lipinski definition) is 4. The SMILES string of the molecule is COc1cc(/C=C(\C#N)C(=O)Nc2ccccc2C)ccc1OCc1ccc(C)c(C)c1. The van der Waals surface area contributed by atoms with E-state index in [-0.39, 0.29) is 5.57 Å². The van der Waals surface area contributed by atoms with Crippen molar-refractivity contribution >= 4 is 17.7 Å². The van der Waals surface area contributed by atoms with Gasteiger partial charge in [-0.25, -0.2) is 0 Å². The first-order valence-electron chi connectivity index (χ1n) is 10.3. The van der Waals surface area contributed by atoms with E-state index in [1.807, 2.05) is 37.3 Å². The van der Waals surface area contributed by atoms with Gasteiger partial charge in [-0.05, 0) is 72.9 Å². The first kappa shape index (κ1) is 22.6. The van der Waals surface area contributed by atoms with Gasteiger partial charge in [0.05, 0.1) is 7.11 Å². The lowest BCUT2D eigenvalue weighted by Crippen LogP contribution is -2.14. The summed E-state index contributed by atoms with van der Waals surface area (Å²) < 4.78 is 11.4. The smallest absolute Gasteiger partial charge is 0.266 e. The van der Waals surface area contributed by atoms with E-state index in [0.29, 0.717) is 29.4 Å². The number of anilines is 1. The average Bonchev–Trinajstić information content (AvgIpc) is 2.80. The monoisotopic (exact) mass is 426 g/mol. The number of ether oxygens (including phenoxy) is 2. The molecule has 1 N–H and O–H groups in total. The molecule has 5 heteroatoms. The fourth-order valence-electron chi connectivity index (χ4n) is 3.17. The van der Waals surface area contributed by atoms with E-state index in [1.54, 1.807) is 31.4 Å². The van der Waals surface area contributed by atoms with Crippen LogP contribution in [0.1, 0.15) is 27.8 Å². The van der Waals surface area contributed by atoms with Crippen LogP contribution in [0.5, 0.6) is 11.5 Å². The summed E-state index contributed by atoms with van der Waals surface area (Å²) >= 11 is 0. The van der Waals surface area contributed by atoms with Crippen molar-refractivity contribution in [3.63, 3.8) is 0 Å². The molecule has 0 radical (unpaired) electrons. The van der Waals surface area contributed by atoms with Crippen LogP contribution < -0.4 is 14.8 Å². The van der Waals surface area contributed by atoms with Crippen molar-refractivity contribution in [1.29, 1.82) is 5.26 Å². The van der Waals surface area contributed by atoms with Crippen molar-refractivity contribution in [2.45, 2.75) is 27.4 Å². The molecule has 0 aromatic heterocycles. The maximum absolute atomic E-state index is 12.6. The summed E-state index contributed by atoms with van der Waals surface area (Å²) in [6, 6.07) is 20.9. The van der Waals surface area contributed by atoms with E-state index in [4.69, 9.17) is 9.47 Å². The fraction of sp³-hybridized carbons (Fsp3) is 0.185. The molecule has 3 aromatic rings. The highest BCUT2D eigenvalue weighted by atomic mass is 16.5. The molecule has 1 amide bonds. The zero-order valence-corrected chi connectivity index (χ0v) is 18.7. The molecule has 0 unspecified atom stereocenters. The molecule has 0 aliphatic rings. The zero-order chi connectivity index (χ0) is 23.1. The number of amides is 1. The predicted molar refractivity (Wildman–Crippen MR) is 127 cm³/mol. The van der Waals surface area contributed by atoms with E-state index in [1.165, 1.54) is 17.2 Å². The number of carbonyl (C=O) groups is 1. The molecule has 0 heterocycles. The minimum Gasteiger partial charge on any atom is -0.493 e. The molecule has 3 aromatic carbocycles. The molecule has 5 nitrogen and oxygen atoms in total. The highest BCUT2D eigenvalue weighted by molar-refractivity contribution is 6.10. The minimum absolute atomic E-state index is 0.000829. The normalized spacial score (nSPS) is 10.9. The molecule has 0 aliphatic carbocycles. The second kappa shape index (κ2) is 10.3. The number of methoxy groups -OCH3 is 1. The molecule has 0 saturated carbocycles. The Morgan fingerprint density at radius 3 is 2.44 bits per heavy atom. The van der Waals surface area contributed by atoms with E-state index in [9.17, 15) is 10.1 Å². The maximum atomic E-state index is 12.6.